The number of carbonyl (C=O) groups excluding carboxylic acids is 1. The van der Waals surface area contributed by atoms with Crippen LogP contribution >= 0.6 is 0 Å². The molecule has 0 radical (unpaired) electrons. The van der Waals surface area contributed by atoms with Gasteiger partial charge in [-0.2, -0.15) is 4.72 Å². The van der Waals surface area contributed by atoms with Gasteiger partial charge >= 0.3 is 7.12 Å². The summed E-state index contributed by atoms with van der Waals surface area (Å²) in [5.74, 6) is 1.29. The summed E-state index contributed by atoms with van der Waals surface area (Å²) in [7, 11) is -2.68. The van der Waals surface area contributed by atoms with E-state index < -0.39 is 23.2 Å². The maximum absolute atomic E-state index is 14.2. The summed E-state index contributed by atoms with van der Waals surface area (Å²) in [6.45, 7) is 8.07. The molecule has 8 rings (SSSR count). The normalized spacial score (nSPS) is 29.8. The second-order valence-corrected chi connectivity index (χ2v) is 16.5. The standard InChI is InChI=1S/C34H46BN3O6S/c1-33(2)24-19-29(33)34(3)30(20-24)43-35(44-34)31(18-23-11-8-12-23)36-32(39)26(17-22-9-6-5-7-10-22)37-45(40,41)25-13-14-27-28(21-25)42-16-15-38(27)4/h5-7,9-10,13-14,21,23-24,26,29-31,37H,8,11-12,15-20H2,1-4H3,(H,36,39)/t24-,26-,29-,30+,31-,34-/m0/s1. The fraction of sp³-hybridized carbons (Fsp3) is 0.618. The SMILES string of the molecule is CN1CCOc2cc(S(=O)(=O)N[C@@H](Cc3ccccc3)C(=O)N[C@@H](CC3CCC3)B3O[C@@H]4C[C@@H]5C[C@@H](C5(C)C)[C@]4(C)O3)ccc21. The molecule has 6 atom stereocenters. The number of hydrogen-bond donors (Lipinski definition) is 2. The largest absolute Gasteiger partial charge is 0.490 e. The molecular weight excluding hydrogens is 589 g/mol. The molecule has 11 heteroatoms. The van der Waals surface area contributed by atoms with Gasteiger partial charge in [0.05, 0.1) is 34.8 Å². The average molecular weight is 636 g/mol. The van der Waals surface area contributed by atoms with Gasteiger partial charge in [0, 0.05) is 13.1 Å². The molecule has 9 nitrogen and oxygen atoms in total. The molecule has 5 fully saturated rings. The van der Waals surface area contributed by atoms with E-state index in [9.17, 15) is 13.2 Å². The molecule has 45 heavy (non-hydrogen) atoms. The number of fused-ring (bicyclic) bond motifs is 1. The van der Waals surface area contributed by atoms with Crippen LogP contribution in [0.25, 0.3) is 0 Å². The van der Waals surface area contributed by atoms with Crippen molar-refractivity contribution in [3.05, 3.63) is 54.1 Å². The highest BCUT2D eigenvalue weighted by molar-refractivity contribution is 7.89. The summed E-state index contributed by atoms with van der Waals surface area (Å²) in [6, 6.07) is 13.3. The summed E-state index contributed by atoms with van der Waals surface area (Å²) in [5.41, 5.74) is 1.52. The van der Waals surface area contributed by atoms with E-state index >= 15 is 0 Å². The number of likely N-dealkylation sites (N-methyl/N-ethyl adjacent to an activating group) is 1. The van der Waals surface area contributed by atoms with Crippen molar-refractivity contribution in [1.82, 2.24) is 10.0 Å². The molecule has 1 amide bonds. The van der Waals surface area contributed by atoms with Gasteiger partial charge in [0.15, 0.2) is 0 Å². The van der Waals surface area contributed by atoms with E-state index in [-0.39, 0.29) is 40.3 Å². The minimum Gasteiger partial charge on any atom is -0.490 e. The Balaban J connectivity index is 1.13. The lowest BCUT2D eigenvalue weighted by atomic mass is 9.43. The van der Waals surface area contributed by atoms with Crippen LogP contribution in [0.3, 0.4) is 0 Å². The Morgan fingerprint density at radius 1 is 1.11 bits per heavy atom. The number of rotatable bonds is 10. The molecule has 0 aromatic heterocycles. The van der Waals surface area contributed by atoms with E-state index in [0.717, 1.165) is 49.9 Å². The number of nitrogens with zero attached hydrogens (tertiary/aromatic N) is 1. The monoisotopic (exact) mass is 635 g/mol. The Labute approximate surface area is 268 Å². The van der Waals surface area contributed by atoms with Crippen molar-refractivity contribution in [2.24, 2.45) is 23.2 Å². The Hall–Kier alpha value is -2.60. The first kappa shape index (κ1) is 31.0. The van der Waals surface area contributed by atoms with Gasteiger partial charge in [0.25, 0.3) is 0 Å². The molecule has 4 saturated carbocycles. The van der Waals surface area contributed by atoms with Crippen LogP contribution in [0.2, 0.25) is 0 Å². The topological polar surface area (TPSA) is 106 Å². The summed E-state index contributed by atoms with van der Waals surface area (Å²) < 4.78 is 49.5. The van der Waals surface area contributed by atoms with E-state index in [4.69, 9.17) is 14.0 Å². The molecule has 2 aromatic rings. The fourth-order valence-corrected chi connectivity index (χ4v) is 9.69. The zero-order valence-corrected chi connectivity index (χ0v) is 27.6. The summed E-state index contributed by atoms with van der Waals surface area (Å²) in [4.78, 5) is 16.3. The van der Waals surface area contributed by atoms with Crippen LogP contribution < -0.4 is 19.7 Å². The van der Waals surface area contributed by atoms with Crippen LogP contribution in [-0.2, 0) is 30.5 Å². The van der Waals surface area contributed by atoms with Gasteiger partial charge in [-0.3, -0.25) is 4.79 Å². The highest BCUT2D eigenvalue weighted by Gasteiger charge is 2.68. The van der Waals surface area contributed by atoms with Gasteiger partial charge in [-0.25, -0.2) is 8.42 Å². The zero-order valence-electron chi connectivity index (χ0n) is 26.8. The third kappa shape index (κ3) is 5.68. The number of benzene rings is 2. The van der Waals surface area contributed by atoms with Crippen LogP contribution in [-0.4, -0.2) is 65.3 Å². The van der Waals surface area contributed by atoms with Gasteiger partial charge in [0.1, 0.15) is 18.4 Å². The Morgan fingerprint density at radius 2 is 1.89 bits per heavy atom. The smallest absolute Gasteiger partial charge is 0.481 e. The average Bonchev–Trinajstić information content (AvgIpc) is 3.35. The van der Waals surface area contributed by atoms with E-state index in [0.29, 0.717) is 30.1 Å². The molecule has 2 heterocycles. The van der Waals surface area contributed by atoms with E-state index in [1.54, 1.807) is 18.2 Å². The van der Waals surface area contributed by atoms with Crippen molar-refractivity contribution < 1.29 is 27.3 Å². The summed E-state index contributed by atoms with van der Waals surface area (Å²) in [5, 5.41) is 3.24. The molecule has 2 bridgehead atoms. The van der Waals surface area contributed by atoms with Crippen LogP contribution in [0.5, 0.6) is 5.75 Å². The molecule has 0 unspecified atom stereocenters. The first-order valence-corrected chi connectivity index (χ1v) is 18.1. The van der Waals surface area contributed by atoms with Gasteiger partial charge in [-0.15, -0.1) is 0 Å². The molecule has 2 aromatic carbocycles. The van der Waals surface area contributed by atoms with Crippen molar-refractivity contribution in [2.45, 2.75) is 94.3 Å². The van der Waals surface area contributed by atoms with Crippen molar-refractivity contribution in [3.63, 3.8) is 0 Å². The lowest BCUT2D eigenvalue weighted by Crippen LogP contribution is -2.65. The number of hydrogen-bond acceptors (Lipinski definition) is 7. The number of anilines is 1. The zero-order chi connectivity index (χ0) is 31.6. The Morgan fingerprint density at radius 3 is 2.60 bits per heavy atom. The third-order valence-electron chi connectivity index (χ3n) is 11.7. The lowest BCUT2D eigenvalue weighted by Gasteiger charge is -2.64. The van der Waals surface area contributed by atoms with Gasteiger partial charge in [0.2, 0.25) is 15.9 Å². The second kappa shape index (κ2) is 11.6. The molecule has 242 valence electrons. The summed E-state index contributed by atoms with van der Waals surface area (Å²) >= 11 is 0. The highest BCUT2D eigenvalue weighted by Crippen LogP contribution is 2.65. The molecule has 2 aliphatic heterocycles. The molecule has 1 saturated heterocycles. The minimum atomic E-state index is -4.06. The van der Waals surface area contributed by atoms with Gasteiger partial charge < -0.3 is 24.3 Å². The molecule has 4 aliphatic carbocycles. The second-order valence-electron chi connectivity index (χ2n) is 14.7. The first-order chi connectivity index (χ1) is 21.4. The number of carbonyl (C=O) groups is 1. The summed E-state index contributed by atoms with van der Waals surface area (Å²) in [6.07, 6.45) is 6.50. The Kier molecular flexibility index (Phi) is 7.98. The fourth-order valence-electron chi connectivity index (χ4n) is 8.48. The third-order valence-corrected chi connectivity index (χ3v) is 13.1. The number of amides is 1. The minimum absolute atomic E-state index is 0.00367. The molecule has 2 N–H and O–H groups in total. The van der Waals surface area contributed by atoms with Crippen molar-refractivity contribution >= 4 is 28.7 Å². The maximum Gasteiger partial charge on any atom is 0.481 e. The molecule has 6 aliphatic rings. The van der Waals surface area contributed by atoms with Crippen LogP contribution in [0.1, 0.15) is 64.9 Å². The van der Waals surface area contributed by atoms with Crippen molar-refractivity contribution in [2.75, 3.05) is 25.1 Å². The van der Waals surface area contributed by atoms with E-state index in [1.165, 1.54) is 6.42 Å². The first-order valence-electron chi connectivity index (χ1n) is 16.6. The van der Waals surface area contributed by atoms with Crippen molar-refractivity contribution in [3.8, 4) is 5.75 Å². The van der Waals surface area contributed by atoms with E-state index in [2.05, 4.69) is 30.8 Å². The van der Waals surface area contributed by atoms with Crippen LogP contribution in [0.4, 0.5) is 5.69 Å². The van der Waals surface area contributed by atoms with Crippen LogP contribution in [0, 0.1) is 23.2 Å². The van der Waals surface area contributed by atoms with Crippen molar-refractivity contribution in [1.29, 1.82) is 0 Å². The Bertz CT molecular complexity index is 1540. The van der Waals surface area contributed by atoms with Crippen LogP contribution in [0.15, 0.2) is 53.4 Å². The van der Waals surface area contributed by atoms with Gasteiger partial charge in [-0.05, 0) is 73.5 Å². The quantitative estimate of drug-likeness (QED) is 0.374. The van der Waals surface area contributed by atoms with Gasteiger partial charge in [-0.1, -0.05) is 63.4 Å². The number of sulfonamides is 1. The number of nitrogens with one attached hydrogen (secondary N) is 2. The maximum atomic E-state index is 14.2. The van der Waals surface area contributed by atoms with E-state index in [1.807, 2.05) is 42.3 Å². The molecule has 0 spiro atoms. The predicted octanol–water partition coefficient (Wildman–Crippen LogP) is 4.35. The number of ether oxygens (including phenoxy) is 1. The predicted molar refractivity (Wildman–Crippen MR) is 173 cm³/mol. The highest BCUT2D eigenvalue weighted by atomic mass is 32.2. The molecular formula is C34H46BN3O6S. The lowest BCUT2D eigenvalue weighted by molar-refractivity contribution is -0.199.